The molecule has 1 nitrogen and oxygen atoms in total. The first-order valence-corrected chi connectivity index (χ1v) is 7.07. The molecule has 0 spiro atoms. The summed E-state index contributed by atoms with van der Waals surface area (Å²) >= 11 is 0. The first-order valence-electron chi connectivity index (χ1n) is 7.07. The molecule has 0 amide bonds. The molecule has 0 aromatic heterocycles. The minimum atomic E-state index is 0.859. The van der Waals surface area contributed by atoms with Gasteiger partial charge in [-0.15, -0.1) is 0 Å². The lowest BCUT2D eigenvalue weighted by Crippen LogP contribution is -2.43. The van der Waals surface area contributed by atoms with Gasteiger partial charge in [-0.3, -0.25) is 0 Å². The van der Waals surface area contributed by atoms with E-state index in [9.17, 15) is 0 Å². The van der Waals surface area contributed by atoms with Crippen molar-refractivity contribution in [1.82, 2.24) is 5.32 Å². The van der Waals surface area contributed by atoms with Crippen molar-refractivity contribution in [3.8, 4) is 0 Å². The van der Waals surface area contributed by atoms with Gasteiger partial charge in [0.25, 0.3) is 0 Å². The van der Waals surface area contributed by atoms with Crippen LogP contribution < -0.4 is 5.32 Å². The zero-order valence-corrected chi connectivity index (χ0v) is 10.0. The Balaban J connectivity index is 1.52. The van der Waals surface area contributed by atoms with Gasteiger partial charge >= 0.3 is 0 Å². The van der Waals surface area contributed by atoms with Gasteiger partial charge in [-0.05, 0) is 49.9 Å². The summed E-state index contributed by atoms with van der Waals surface area (Å²) in [5.41, 5.74) is 0. The zero-order chi connectivity index (χ0) is 10.3. The fourth-order valence-electron chi connectivity index (χ4n) is 4.34. The third-order valence-electron chi connectivity index (χ3n) is 5.12. The highest BCUT2D eigenvalue weighted by molar-refractivity contribution is 4.95. The highest BCUT2D eigenvalue weighted by atomic mass is 15.0. The smallest absolute Gasteiger partial charge is 0.0101 e. The number of hydrogen-bond acceptors (Lipinski definition) is 1. The number of rotatable bonds is 2. The normalized spacial score (nSPS) is 49.8. The minimum Gasteiger partial charge on any atom is -0.311 e. The molecule has 0 saturated heterocycles. The molecule has 15 heavy (non-hydrogen) atoms. The molecule has 0 heterocycles. The molecule has 3 fully saturated rings. The third-order valence-corrected chi connectivity index (χ3v) is 5.12. The fourth-order valence-corrected chi connectivity index (χ4v) is 4.34. The molecule has 2 bridgehead atoms. The van der Waals surface area contributed by atoms with E-state index in [0.29, 0.717) is 0 Å². The lowest BCUT2D eigenvalue weighted by molar-refractivity contribution is 0.246. The zero-order valence-electron chi connectivity index (χ0n) is 10.0. The van der Waals surface area contributed by atoms with Gasteiger partial charge in [0.1, 0.15) is 0 Å². The van der Waals surface area contributed by atoms with Crippen molar-refractivity contribution in [3.05, 3.63) is 0 Å². The molecule has 5 unspecified atom stereocenters. The first-order chi connectivity index (χ1) is 7.31. The van der Waals surface area contributed by atoms with Gasteiger partial charge in [0.15, 0.2) is 0 Å². The molecule has 0 aromatic rings. The van der Waals surface area contributed by atoms with Crippen LogP contribution in [0.25, 0.3) is 0 Å². The maximum atomic E-state index is 3.98. The van der Waals surface area contributed by atoms with Crippen LogP contribution in [0.2, 0.25) is 0 Å². The molecule has 0 aliphatic heterocycles. The molecule has 3 rings (SSSR count). The second-order valence-corrected chi connectivity index (χ2v) is 6.42. The molecule has 3 aliphatic carbocycles. The maximum absolute atomic E-state index is 3.98. The van der Waals surface area contributed by atoms with Gasteiger partial charge in [0.05, 0.1) is 0 Å². The standard InChI is InChI=1S/C14H25N/c1-10-3-2-4-13(7-10)15-14-9-11-5-6-12(14)8-11/h10-15H,2-9H2,1H3. The van der Waals surface area contributed by atoms with E-state index in [2.05, 4.69) is 12.2 Å². The van der Waals surface area contributed by atoms with Crippen LogP contribution in [0.5, 0.6) is 0 Å². The topological polar surface area (TPSA) is 12.0 Å². The van der Waals surface area contributed by atoms with Gasteiger partial charge in [-0.2, -0.15) is 0 Å². The molecular formula is C14H25N. The number of nitrogens with one attached hydrogen (secondary N) is 1. The molecule has 3 saturated carbocycles. The van der Waals surface area contributed by atoms with Crippen LogP contribution in [0.15, 0.2) is 0 Å². The lowest BCUT2D eigenvalue weighted by atomic mass is 9.85. The predicted octanol–water partition coefficient (Wildman–Crippen LogP) is 3.34. The van der Waals surface area contributed by atoms with Crippen molar-refractivity contribution in [2.45, 2.75) is 70.4 Å². The van der Waals surface area contributed by atoms with Gasteiger partial charge in [-0.25, -0.2) is 0 Å². The highest BCUT2D eigenvalue weighted by Crippen LogP contribution is 2.45. The van der Waals surface area contributed by atoms with Crippen LogP contribution >= 0.6 is 0 Å². The Bertz CT molecular complexity index is 225. The highest BCUT2D eigenvalue weighted by Gasteiger charge is 2.40. The minimum absolute atomic E-state index is 0.859. The lowest BCUT2D eigenvalue weighted by Gasteiger charge is -2.33. The maximum Gasteiger partial charge on any atom is 0.0101 e. The van der Waals surface area contributed by atoms with Crippen molar-refractivity contribution >= 4 is 0 Å². The van der Waals surface area contributed by atoms with Crippen LogP contribution in [-0.4, -0.2) is 12.1 Å². The molecule has 0 radical (unpaired) electrons. The van der Waals surface area contributed by atoms with Crippen LogP contribution in [0, 0.1) is 17.8 Å². The van der Waals surface area contributed by atoms with E-state index in [-0.39, 0.29) is 0 Å². The van der Waals surface area contributed by atoms with Gasteiger partial charge < -0.3 is 5.32 Å². The van der Waals surface area contributed by atoms with E-state index < -0.39 is 0 Å². The second-order valence-electron chi connectivity index (χ2n) is 6.42. The predicted molar refractivity (Wildman–Crippen MR) is 63.8 cm³/mol. The Labute approximate surface area is 94.0 Å². The average Bonchev–Trinajstić information content (AvgIpc) is 2.79. The van der Waals surface area contributed by atoms with E-state index in [1.54, 1.807) is 6.42 Å². The largest absolute Gasteiger partial charge is 0.311 e. The first kappa shape index (κ1) is 10.1. The van der Waals surface area contributed by atoms with E-state index in [1.165, 1.54) is 44.9 Å². The number of fused-ring (bicyclic) bond motifs is 2. The van der Waals surface area contributed by atoms with Crippen LogP contribution in [0.4, 0.5) is 0 Å². The summed E-state index contributed by atoms with van der Waals surface area (Å²) in [7, 11) is 0. The monoisotopic (exact) mass is 207 g/mol. The second kappa shape index (κ2) is 4.08. The summed E-state index contributed by atoms with van der Waals surface area (Å²) in [5.74, 6) is 3.11. The van der Waals surface area contributed by atoms with Crippen molar-refractivity contribution in [3.63, 3.8) is 0 Å². The van der Waals surface area contributed by atoms with E-state index in [0.717, 1.165) is 29.8 Å². The summed E-state index contributed by atoms with van der Waals surface area (Å²) in [5, 5.41) is 3.98. The van der Waals surface area contributed by atoms with Crippen LogP contribution in [0.1, 0.15) is 58.3 Å². The van der Waals surface area contributed by atoms with Gasteiger partial charge in [0, 0.05) is 12.1 Å². The Morgan fingerprint density at radius 1 is 0.933 bits per heavy atom. The summed E-state index contributed by atoms with van der Waals surface area (Å²) in [6, 6.07) is 1.76. The summed E-state index contributed by atoms with van der Waals surface area (Å²) in [6.07, 6.45) is 11.9. The van der Waals surface area contributed by atoms with Crippen LogP contribution in [0.3, 0.4) is 0 Å². The van der Waals surface area contributed by atoms with E-state index in [1.807, 2.05) is 0 Å². The Hall–Kier alpha value is -0.0400. The third kappa shape index (κ3) is 2.08. The Morgan fingerprint density at radius 3 is 2.53 bits per heavy atom. The Kier molecular flexibility index (Phi) is 2.76. The fraction of sp³-hybridized carbons (Fsp3) is 1.00. The molecule has 3 aliphatic rings. The van der Waals surface area contributed by atoms with Crippen LogP contribution in [-0.2, 0) is 0 Å². The Morgan fingerprint density at radius 2 is 1.87 bits per heavy atom. The van der Waals surface area contributed by atoms with E-state index >= 15 is 0 Å². The van der Waals surface area contributed by atoms with Crippen molar-refractivity contribution < 1.29 is 0 Å². The molecule has 0 aromatic carbocycles. The molecule has 1 heteroatoms. The van der Waals surface area contributed by atoms with Crippen molar-refractivity contribution in [1.29, 1.82) is 0 Å². The molecular weight excluding hydrogens is 182 g/mol. The number of hydrogen-bond donors (Lipinski definition) is 1. The van der Waals surface area contributed by atoms with Crippen molar-refractivity contribution in [2.24, 2.45) is 17.8 Å². The molecule has 5 atom stereocenters. The quantitative estimate of drug-likeness (QED) is 0.732. The average molecular weight is 207 g/mol. The molecule has 86 valence electrons. The van der Waals surface area contributed by atoms with Gasteiger partial charge in [0.2, 0.25) is 0 Å². The summed E-state index contributed by atoms with van der Waals surface area (Å²) in [4.78, 5) is 0. The van der Waals surface area contributed by atoms with Crippen molar-refractivity contribution in [2.75, 3.05) is 0 Å². The summed E-state index contributed by atoms with van der Waals surface area (Å²) < 4.78 is 0. The van der Waals surface area contributed by atoms with E-state index in [4.69, 9.17) is 0 Å². The summed E-state index contributed by atoms with van der Waals surface area (Å²) in [6.45, 7) is 2.43. The van der Waals surface area contributed by atoms with Gasteiger partial charge in [-0.1, -0.05) is 26.2 Å². The SMILES string of the molecule is CC1CCCC(NC2CC3CCC2C3)C1. The molecule has 1 N–H and O–H groups in total.